The van der Waals surface area contributed by atoms with Crippen LogP contribution in [0.5, 0.6) is 0 Å². The van der Waals surface area contributed by atoms with Gasteiger partial charge in [-0.05, 0) is 49.9 Å². The Morgan fingerprint density at radius 3 is 2.50 bits per heavy atom. The van der Waals surface area contributed by atoms with Gasteiger partial charge in [0.25, 0.3) is 5.91 Å². The van der Waals surface area contributed by atoms with E-state index in [1.165, 1.54) is 10.6 Å². The van der Waals surface area contributed by atoms with E-state index in [-0.39, 0.29) is 18.0 Å². The van der Waals surface area contributed by atoms with Crippen molar-refractivity contribution < 1.29 is 13.2 Å². The number of sulfonamides is 1. The third-order valence-corrected chi connectivity index (χ3v) is 5.48. The SMILES string of the molecule is CC(C)[C@H](C)NC(=O)c1ccc2c(c1)C[C@H](C)N2S(C)(=O)=O. The molecule has 1 aliphatic rings. The number of hydrogen-bond acceptors (Lipinski definition) is 3. The van der Waals surface area contributed by atoms with Gasteiger partial charge < -0.3 is 5.32 Å². The first-order valence-corrected chi connectivity index (χ1v) is 9.39. The fourth-order valence-corrected chi connectivity index (χ4v) is 3.97. The van der Waals surface area contributed by atoms with Gasteiger partial charge in [-0.2, -0.15) is 0 Å². The number of benzene rings is 1. The first kappa shape index (κ1) is 16.8. The first-order chi connectivity index (χ1) is 10.1. The van der Waals surface area contributed by atoms with Crippen molar-refractivity contribution in [2.75, 3.05) is 10.6 Å². The molecular weight excluding hydrogens is 300 g/mol. The van der Waals surface area contributed by atoms with Crippen molar-refractivity contribution in [3.05, 3.63) is 29.3 Å². The maximum absolute atomic E-state index is 12.3. The molecule has 6 heteroatoms. The number of carbonyl (C=O) groups is 1. The molecule has 0 aliphatic carbocycles. The zero-order valence-electron chi connectivity index (χ0n) is 13.8. The van der Waals surface area contributed by atoms with Gasteiger partial charge in [0.2, 0.25) is 10.0 Å². The van der Waals surface area contributed by atoms with Crippen molar-refractivity contribution in [2.45, 2.75) is 46.2 Å². The average Bonchev–Trinajstić information content (AvgIpc) is 2.72. The monoisotopic (exact) mass is 324 g/mol. The van der Waals surface area contributed by atoms with Crippen LogP contribution in [0.3, 0.4) is 0 Å². The third-order valence-electron chi connectivity index (χ3n) is 4.21. The van der Waals surface area contributed by atoms with Gasteiger partial charge in [-0.15, -0.1) is 0 Å². The summed E-state index contributed by atoms with van der Waals surface area (Å²) in [6, 6.07) is 5.20. The molecule has 0 fully saturated rings. The van der Waals surface area contributed by atoms with Crippen molar-refractivity contribution in [3.8, 4) is 0 Å². The summed E-state index contributed by atoms with van der Waals surface area (Å²) in [5, 5.41) is 2.97. The predicted molar refractivity (Wildman–Crippen MR) is 88.7 cm³/mol. The molecule has 1 amide bonds. The van der Waals surface area contributed by atoms with Crippen molar-refractivity contribution >= 4 is 21.6 Å². The molecule has 1 aromatic rings. The molecule has 0 aromatic heterocycles. The van der Waals surface area contributed by atoms with Gasteiger partial charge in [0.15, 0.2) is 0 Å². The normalized spacial score (nSPS) is 19.2. The largest absolute Gasteiger partial charge is 0.349 e. The molecule has 0 saturated heterocycles. The highest BCUT2D eigenvalue weighted by Gasteiger charge is 2.32. The zero-order valence-corrected chi connectivity index (χ0v) is 14.6. The lowest BCUT2D eigenvalue weighted by molar-refractivity contribution is 0.0930. The number of rotatable bonds is 4. The van der Waals surface area contributed by atoms with Gasteiger partial charge in [-0.1, -0.05) is 13.8 Å². The third kappa shape index (κ3) is 3.27. The van der Waals surface area contributed by atoms with Crippen molar-refractivity contribution in [1.29, 1.82) is 0 Å². The number of anilines is 1. The lowest BCUT2D eigenvalue weighted by Crippen LogP contribution is -2.36. The molecule has 1 N–H and O–H groups in total. The lowest BCUT2D eigenvalue weighted by atomic mass is 10.0. The number of fused-ring (bicyclic) bond motifs is 1. The minimum atomic E-state index is -3.30. The summed E-state index contributed by atoms with van der Waals surface area (Å²) in [6.45, 7) is 7.96. The Kier molecular flexibility index (Phi) is 4.52. The number of carbonyl (C=O) groups excluding carboxylic acids is 1. The van der Waals surface area contributed by atoms with Crippen LogP contribution in [0.4, 0.5) is 5.69 Å². The predicted octanol–water partition coefficient (Wildman–Crippen LogP) is 2.17. The molecule has 0 spiro atoms. The standard InChI is InChI=1S/C16H24N2O3S/c1-10(2)12(4)17-16(19)13-6-7-15-14(9-13)8-11(3)18(15)22(5,20)21/h6-7,9-12H,8H2,1-5H3,(H,17,19)/t11-,12-/m0/s1. The van der Waals surface area contributed by atoms with E-state index in [0.29, 0.717) is 23.6 Å². The summed E-state index contributed by atoms with van der Waals surface area (Å²) >= 11 is 0. The van der Waals surface area contributed by atoms with E-state index < -0.39 is 10.0 Å². The molecule has 2 atom stereocenters. The molecule has 1 heterocycles. The second-order valence-corrected chi connectivity index (χ2v) is 8.32. The van der Waals surface area contributed by atoms with E-state index in [2.05, 4.69) is 19.2 Å². The molecule has 2 rings (SSSR count). The molecule has 122 valence electrons. The Balaban J connectivity index is 2.28. The van der Waals surface area contributed by atoms with Crippen LogP contribution in [-0.2, 0) is 16.4 Å². The van der Waals surface area contributed by atoms with E-state index in [0.717, 1.165) is 5.56 Å². The first-order valence-electron chi connectivity index (χ1n) is 7.54. The second-order valence-electron chi connectivity index (χ2n) is 6.46. The fourth-order valence-electron chi connectivity index (χ4n) is 2.71. The Morgan fingerprint density at radius 1 is 1.32 bits per heavy atom. The van der Waals surface area contributed by atoms with E-state index in [1.807, 2.05) is 13.8 Å². The quantitative estimate of drug-likeness (QED) is 0.923. The van der Waals surface area contributed by atoms with E-state index >= 15 is 0 Å². The van der Waals surface area contributed by atoms with Crippen LogP contribution >= 0.6 is 0 Å². The van der Waals surface area contributed by atoms with Crippen LogP contribution < -0.4 is 9.62 Å². The summed E-state index contributed by atoms with van der Waals surface area (Å²) in [7, 11) is -3.30. The van der Waals surface area contributed by atoms with E-state index in [1.54, 1.807) is 18.2 Å². The highest BCUT2D eigenvalue weighted by Crippen LogP contribution is 2.34. The van der Waals surface area contributed by atoms with Gasteiger partial charge in [0.05, 0.1) is 11.9 Å². The average molecular weight is 324 g/mol. The minimum absolute atomic E-state index is 0.0900. The van der Waals surface area contributed by atoms with Gasteiger partial charge in [-0.3, -0.25) is 9.10 Å². The summed E-state index contributed by atoms with van der Waals surface area (Å²) < 4.78 is 25.2. The van der Waals surface area contributed by atoms with E-state index in [9.17, 15) is 13.2 Å². The molecular formula is C16H24N2O3S. The zero-order chi connectivity index (χ0) is 16.7. The smallest absolute Gasteiger partial charge is 0.251 e. The summed E-state index contributed by atoms with van der Waals surface area (Å²) in [4.78, 5) is 12.3. The molecule has 22 heavy (non-hydrogen) atoms. The van der Waals surface area contributed by atoms with Gasteiger partial charge in [0.1, 0.15) is 0 Å². The van der Waals surface area contributed by atoms with Gasteiger partial charge >= 0.3 is 0 Å². The van der Waals surface area contributed by atoms with Crippen molar-refractivity contribution in [2.24, 2.45) is 5.92 Å². The minimum Gasteiger partial charge on any atom is -0.349 e. The summed E-state index contributed by atoms with van der Waals surface area (Å²) in [5.41, 5.74) is 2.17. The van der Waals surface area contributed by atoms with Gasteiger partial charge in [0, 0.05) is 17.6 Å². The van der Waals surface area contributed by atoms with Crippen LogP contribution in [0.2, 0.25) is 0 Å². The van der Waals surface area contributed by atoms with E-state index in [4.69, 9.17) is 0 Å². The molecule has 0 unspecified atom stereocenters. The molecule has 5 nitrogen and oxygen atoms in total. The Bertz CT molecular complexity index is 683. The number of nitrogens with zero attached hydrogens (tertiary/aromatic N) is 1. The Hall–Kier alpha value is -1.56. The fraction of sp³-hybridized carbons (Fsp3) is 0.562. The Labute approximate surface area is 132 Å². The highest BCUT2D eigenvalue weighted by molar-refractivity contribution is 7.92. The molecule has 1 aliphatic heterocycles. The lowest BCUT2D eigenvalue weighted by Gasteiger charge is -2.22. The maximum atomic E-state index is 12.3. The molecule has 0 saturated carbocycles. The van der Waals surface area contributed by atoms with Gasteiger partial charge in [-0.25, -0.2) is 8.42 Å². The van der Waals surface area contributed by atoms with Crippen LogP contribution in [0.25, 0.3) is 0 Å². The topological polar surface area (TPSA) is 66.5 Å². The number of nitrogens with one attached hydrogen (secondary N) is 1. The van der Waals surface area contributed by atoms with Crippen LogP contribution in [0.15, 0.2) is 18.2 Å². The van der Waals surface area contributed by atoms with Crippen molar-refractivity contribution in [3.63, 3.8) is 0 Å². The molecule has 0 bridgehead atoms. The molecule has 1 aromatic carbocycles. The summed E-state index contributed by atoms with van der Waals surface area (Å²) in [5.74, 6) is 0.244. The van der Waals surface area contributed by atoms with Crippen LogP contribution in [-0.4, -0.2) is 32.7 Å². The second kappa shape index (κ2) is 5.91. The van der Waals surface area contributed by atoms with Crippen molar-refractivity contribution in [1.82, 2.24) is 5.32 Å². The van der Waals surface area contributed by atoms with Crippen LogP contribution in [0, 0.1) is 5.92 Å². The Morgan fingerprint density at radius 2 is 1.95 bits per heavy atom. The maximum Gasteiger partial charge on any atom is 0.251 e. The number of hydrogen-bond donors (Lipinski definition) is 1. The highest BCUT2D eigenvalue weighted by atomic mass is 32.2. The number of amides is 1. The molecule has 0 radical (unpaired) electrons. The summed E-state index contributed by atoms with van der Waals surface area (Å²) in [6.07, 6.45) is 1.84. The van der Waals surface area contributed by atoms with Crippen LogP contribution in [0.1, 0.15) is 43.6 Å².